The van der Waals surface area contributed by atoms with Gasteiger partial charge in [0.1, 0.15) is 9.81 Å². The third kappa shape index (κ3) is 59.8. The predicted octanol–water partition coefficient (Wildman–Crippen LogP) is 0.384. The molecule has 0 aromatic rings. The van der Waals surface area contributed by atoms with Gasteiger partial charge in [-0.1, -0.05) is 0 Å². The molecule has 0 spiro atoms. The summed E-state index contributed by atoms with van der Waals surface area (Å²) in [4.78, 5) is 0. The van der Waals surface area contributed by atoms with Gasteiger partial charge in [0.05, 0.1) is 0 Å². The Morgan fingerprint density at radius 2 is 2.00 bits per heavy atom. The molecule has 0 amide bonds. The van der Waals surface area contributed by atoms with Crippen molar-refractivity contribution in [2.75, 3.05) is 0 Å². The molecule has 0 saturated heterocycles. The van der Waals surface area contributed by atoms with E-state index in [4.69, 9.17) is 8.99 Å². The zero-order valence-electron chi connectivity index (χ0n) is 1.73. The minimum atomic E-state index is -2.15. The van der Waals surface area contributed by atoms with Crippen LogP contribution in [-0.2, 0) is 9.81 Å². The predicted molar refractivity (Wildman–Crippen MR) is 18.1 cm³/mol. The van der Waals surface area contributed by atoms with E-state index in [0.29, 0.717) is 0 Å². The summed E-state index contributed by atoms with van der Waals surface area (Å²) in [5, 5.41) is 0. The van der Waals surface area contributed by atoms with Gasteiger partial charge in [-0.2, -0.15) is 0 Å². The summed E-state index contributed by atoms with van der Waals surface area (Å²) < 4.78 is 14.9. The van der Waals surface area contributed by atoms with Crippen LogP contribution < -0.4 is 0 Å². The monoisotopic (exact) mass is 99.0 g/mol. The summed E-state index contributed by atoms with van der Waals surface area (Å²) in [6.07, 6.45) is 0. The van der Waals surface area contributed by atoms with Crippen LogP contribution >= 0.6 is 10.7 Å². The highest BCUT2D eigenvalue weighted by atomic mass is 35.7. The van der Waals surface area contributed by atoms with Crippen LogP contribution in [0.4, 0.5) is 0 Å². The zero-order valence-corrected chi connectivity index (χ0v) is 3.38. The van der Waals surface area contributed by atoms with E-state index >= 15 is 0 Å². The first kappa shape index (κ1) is 4.24. The second-order valence-corrected chi connectivity index (χ2v) is 1.66. The summed E-state index contributed by atoms with van der Waals surface area (Å²) in [5.74, 6) is 0. The molecule has 0 bridgehead atoms. The van der Waals surface area contributed by atoms with Crippen molar-refractivity contribution in [1.29, 1.82) is 4.78 Å². The average Bonchev–Trinajstić information content (AvgIpc) is 0.811. The number of nitrogens with one attached hydrogen (secondary N) is 1. The van der Waals surface area contributed by atoms with Crippen LogP contribution in [0.15, 0.2) is 0 Å². The highest BCUT2D eigenvalue weighted by Gasteiger charge is 1.42. The maximum Gasteiger partial charge on any atom is 0.116 e. The second kappa shape index (κ2) is 1.55. The minimum absolute atomic E-state index is 2.15. The van der Waals surface area contributed by atoms with Gasteiger partial charge in [-0.05, 0) is 10.7 Å². The molecule has 0 fully saturated rings. The van der Waals surface area contributed by atoms with Crippen LogP contribution in [0.2, 0.25) is 0 Å². The van der Waals surface area contributed by atoms with Crippen LogP contribution in [0.5, 0.6) is 0 Å². The van der Waals surface area contributed by atoms with Gasteiger partial charge in [0.15, 0.2) is 0 Å². The Morgan fingerprint density at radius 3 is 2.00 bits per heavy atom. The number of hydrogen-bond acceptors (Lipinski definition) is 2. The lowest BCUT2D eigenvalue weighted by Gasteiger charge is -1.43. The van der Waals surface area contributed by atoms with Crippen LogP contribution in [0.3, 0.4) is 0 Å². The first-order chi connectivity index (χ1) is 1.73. The summed E-state index contributed by atoms with van der Waals surface area (Å²) in [5.41, 5.74) is 0. The van der Waals surface area contributed by atoms with Gasteiger partial charge in [0, 0.05) is 0 Å². The van der Waals surface area contributed by atoms with E-state index in [-0.39, 0.29) is 0 Å². The van der Waals surface area contributed by atoms with Crippen molar-refractivity contribution in [2.45, 2.75) is 0 Å². The van der Waals surface area contributed by atoms with E-state index in [0.717, 1.165) is 0 Å². The molecule has 4 heavy (non-hydrogen) atoms. The van der Waals surface area contributed by atoms with E-state index < -0.39 is 9.81 Å². The summed E-state index contributed by atoms with van der Waals surface area (Å²) in [7, 11) is 2.30. The molecule has 2 nitrogen and oxygen atoms in total. The Bertz CT molecular complexity index is 56.4. The van der Waals surface area contributed by atoms with E-state index in [1.165, 1.54) is 0 Å². The van der Waals surface area contributed by atoms with Gasteiger partial charge in [-0.3, -0.25) is 0 Å². The average molecular weight is 99.5 g/mol. The number of hydrogen-bond donors (Lipinski definition) is 2. The van der Waals surface area contributed by atoms with Gasteiger partial charge in [-0.15, -0.1) is 0 Å². The molecule has 1 atom stereocenters. The van der Waals surface area contributed by atoms with Gasteiger partial charge in [-0.25, -0.2) is 8.99 Å². The van der Waals surface area contributed by atoms with E-state index in [9.17, 15) is 0 Å². The normalized spacial score (nSPS) is 15.2. The molecule has 0 heterocycles. The SMILES string of the molecule is N=[SH](=O)Cl. The Labute approximate surface area is 30.3 Å². The van der Waals surface area contributed by atoms with Crippen molar-refractivity contribution in [3.05, 3.63) is 0 Å². The highest BCUT2D eigenvalue weighted by molar-refractivity contribution is 7.98. The van der Waals surface area contributed by atoms with Crippen LogP contribution in [-0.4, -0.2) is 4.21 Å². The fourth-order valence-electron chi connectivity index (χ4n) is 0. The van der Waals surface area contributed by atoms with E-state index in [1.54, 1.807) is 0 Å². The lowest BCUT2D eigenvalue weighted by molar-refractivity contribution is 0.694. The molecule has 1 unspecified atom stereocenters. The number of thiol groups is 1. The lowest BCUT2D eigenvalue weighted by Crippen LogP contribution is -1.34. The first-order valence-electron chi connectivity index (χ1n) is 0.575. The molecule has 0 rings (SSSR count). The largest absolute Gasteiger partial charge is 0.242 e. The third-order valence-corrected chi connectivity index (χ3v) is 0. The number of halogens is 1. The van der Waals surface area contributed by atoms with Crippen molar-refractivity contribution in [3.8, 4) is 0 Å². The van der Waals surface area contributed by atoms with Crippen LogP contribution in [0.1, 0.15) is 0 Å². The van der Waals surface area contributed by atoms with E-state index in [2.05, 4.69) is 10.7 Å². The topological polar surface area (TPSA) is 40.9 Å². The quantitative estimate of drug-likeness (QED) is 0.335. The molecule has 1 N–H and O–H groups in total. The molecule has 0 aliphatic carbocycles. The molecule has 0 aliphatic heterocycles. The van der Waals surface area contributed by atoms with Gasteiger partial charge in [0.2, 0.25) is 0 Å². The molecule has 4 heteroatoms. The molecule has 0 radical (unpaired) electrons. The maximum atomic E-state index is 9.02. The summed E-state index contributed by atoms with van der Waals surface area (Å²) in [6, 6.07) is 0. The molecular weight excluding hydrogens is 97.5 g/mol. The second-order valence-electron chi connectivity index (χ2n) is 0.245. The molecule has 26 valence electrons. The van der Waals surface area contributed by atoms with Crippen LogP contribution in [0, 0.1) is 4.78 Å². The summed E-state index contributed by atoms with van der Waals surface area (Å²) in [6.45, 7) is 0. The van der Waals surface area contributed by atoms with Gasteiger partial charge in [0.25, 0.3) is 0 Å². The van der Waals surface area contributed by atoms with E-state index in [1.807, 2.05) is 0 Å². The third-order valence-electron chi connectivity index (χ3n) is 0. The molecular formula is H2ClNOS. The van der Waals surface area contributed by atoms with Crippen LogP contribution in [0.25, 0.3) is 0 Å². The van der Waals surface area contributed by atoms with Crippen molar-refractivity contribution in [3.63, 3.8) is 0 Å². The molecule has 0 aromatic heterocycles. The zero-order chi connectivity index (χ0) is 3.58. The Kier molecular flexibility index (Phi) is 1.64. The first-order valence-corrected chi connectivity index (χ1v) is 2.74. The minimum Gasteiger partial charge on any atom is -0.242 e. The fraction of sp³-hybridized carbons (Fsp3) is 0. The van der Waals surface area contributed by atoms with Crippen molar-refractivity contribution in [1.82, 2.24) is 0 Å². The standard InChI is InChI=1S/ClH2NOS/c1-4(2)3/h2,4H. The van der Waals surface area contributed by atoms with Gasteiger partial charge >= 0.3 is 0 Å². The van der Waals surface area contributed by atoms with Crippen molar-refractivity contribution in [2.24, 2.45) is 0 Å². The Morgan fingerprint density at radius 1 is 2.00 bits per heavy atom. The number of rotatable bonds is 0. The Balaban J connectivity index is 3.51. The molecule has 0 saturated carbocycles. The molecule has 0 aromatic carbocycles. The molecule has 0 aliphatic rings. The lowest BCUT2D eigenvalue weighted by atomic mass is 14.0. The Hall–Kier alpha value is 0.240. The van der Waals surface area contributed by atoms with Gasteiger partial charge < -0.3 is 0 Å². The highest BCUT2D eigenvalue weighted by Crippen LogP contribution is 1.63. The maximum absolute atomic E-state index is 9.02. The van der Waals surface area contributed by atoms with Crippen molar-refractivity contribution < 1.29 is 4.21 Å². The summed E-state index contributed by atoms with van der Waals surface area (Å²) >= 11 is 0. The van der Waals surface area contributed by atoms with Crippen molar-refractivity contribution >= 4 is 20.5 Å². The smallest absolute Gasteiger partial charge is 0.116 e. The fourth-order valence-corrected chi connectivity index (χ4v) is 0.